The lowest BCUT2D eigenvalue weighted by Gasteiger charge is -2.24. The van der Waals surface area contributed by atoms with Crippen LogP contribution in [0.1, 0.15) is 162 Å². The second-order valence-corrected chi connectivity index (χ2v) is 35.7. The van der Waals surface area contributed by atoms with Crippen LogP contribution >= 0.6 is 23.5 Å². The highest BCUT2D eigenvalue weighted by Crippen LogP contribution is 2.36. The molecule has 0 aliphatic carbocycles. The van der Waals surface area contributed by atoms with E-state index >= 15 is 0 Å². The standard InChI is InChI=1S/C29H33F2NO2.C28H30F3NO2S.C27H29F3N2O2.C25H24F3NO2S/c1-22(2)26-11-7-23(8-12-26)6-4-3-5-15-32(20-25-16-27(30)18-28(31)17-25)19-24-9-13-29(14-10-24)34-21-33;1-21-4-6-24(7-5-21)19-35-13-3-12-32(17-23-8-10-27(11-9-23)34-20-33)18-25-14-22(2)15-26(16-25)28(29,30)31;1-20-3-5-22(6-4-20)16-31-11-12-32(17-23-7-9-26(10-8-23)34-19-33)18-24-13-21(2)14-25(15-24)27(28,29)30;1-18-11-21(13-22(12-18)25(26,27)28)16-29(15-20-5-9-24(32-2)10-6-20)14-19-3-7-23(8-4-19)31-17-30/h7-14,16-18,21-22H,3-6,15,19-20H2,1-2H3;4-11,14-16,20H,3,12-13,17-19H2,1-2H3;3-10,13-15,19,31H,11-12,16-18H2,1-2H3;3-13,17H,14-16H2,1-2H3. The summed E-state index contributed by atoms with van der Waals surface area (Å²) in [6, 6.07) is 78.8. The smallest absolute Gasteiger partial charge is 0.416 e. The summed E-state index contributed by atoms with van der Waals surface area (Å²) in [7, 11) is 0. The summed E-state index contributed by atoms with van der Waals surface area (Å²) in [4.78, 5) is 51.8. The minimum atomic E-state index is -4.38. The molecule has 0 unspecified atom stereocenters. The summed E-state index contributed by atoms with van der Waals surface area (Å²) in [5, 5.41) is 3.42. The Morgan fingerprint density at radius 2 is 0.644 bits per heavy atom. The van der Waals surface area contributed by atoms with Gasteiger partial charge in [-0.2, -0.15) is 51.3 Å². The van der Waals surface area contributed by atoms with Crippen molar-refractivity contribution in [2.45, 2.75) is 181 Å². The first-order valence-electron chi connectivity index (χ1n) is 44.4. The number of carbonyl (C=O) groups is 4. The molecule has 0 spiro atoms. The molecule has 714 valence electrons. The quantitative estimate of drug-likeness (QED) is 0.0168. The zero-order valence-electron chi connectivity index (χ0n) is 77.2. The molecule has 0 saturated heterocycles. The molecule has 0 aliphatic rings. The molecule has 12 aromatic rings. The van der Waals surface area contributed by atoms with E-state index in [9.17, 15) is 67.5 Å². The van der Waals surface area contributed by atoms with E-state index < -0.39 is 46.9 Å². The molecule has 1 N–H and O–H groups in total. The van der Waals surface area contributed by atoms with Crippen molar-refractivity contribution >= 4 is 49.4 Å². The molecule has 13 nitrogen and oxygen atoms in total. The number of hydrogen-bond acceptors (Lipinski definition) is 15. The monoisotopic (exact) mass is 1900 g/mol. The number of rotatable bonds is 45. The van der Waals surface area contributed by atoms with Crippen LogP contribution in [0.4, 0.5) is 48.3 Å². The average Bonchev–Trinajstić information content (AvgIpc) is 0.813. The van der Waals surface area contributed by atoms with Crippen molar-refractivity contribution in [3.05, 3.63) is 395 Å². The van der Waals surface area contributed by atoms with Crippen molar-refractivity contribution in [3.63, 3.8) is 0 Å². The predicted molar refractivity (Wildman–Crippen MR) is 514 cm³/mol. The molecule has 0 amide bonds. The lowest BCUT2D eigenvalue weighted by atomic mass is 9.99. The van der Waals surface area contributed by atoms with Gasteiger partial charge in [0.2, 0.25) is 0 Å². The molecule has 0 saturated carbocycles. The molecule has 26 heteroatoms. The minimum absolute atomic E-state index is 0.363. The number of carbonyl (C=O) groups excluding carboxylic acids is 4. The summed E-state index contributed by atoms with van der Waals surface area (Å²) in [5.74, 6) is 3.14. The van der Waals surface area contributed by atoms with E-state index in [0.717, 1.165) is 95.5 Å². The van der Waals surface area contributed by atoms with Gasteiger partial charge in [-0.25, -0.2) is 8.78 Å². The molecule has 12 rings (SSSR count). The summed E-state index contributed by atoms with van der Waals surface area (Å²) in [6.45, 7) is 23.2. The molecule has 0 aromatic heterocycles. The first kappa shape index (κ1) is 107. The van der Waals surface area contributed by atoms with Gasteiger partial charge in [-0.15, -0.1) is 11.8 Å². The maximum absolute atomic E-state index is 13.7. The average molecular weight is 1900 g/mol. The number of nitrogens with zero attached hydrogens (tertiary/aromatic N) is 4. The Kier molecular flexibility index (Phi) is 43.3. The third-order valence-electron chi connectivity index (χ3n) is 21.9. The van der Waals surface area contributed by atoms with Crippen molar-refractivity contribution in [3.8, 4) is 23.0 Å². The summed E-state index contributed by atoms with van der Waals surface area (Å²) >= 11 is 3.51. The van der Waals surface area contributed by atoms with Crippen LogP contribution in [-0.2, 0) is 115 Å². The van der Waals surface area contributed by atoms with Gasteiger partial charge in [-0.1, -0.05) is 200 Å². The van der Waals surface area contributed by atoms with E-state index in [1.54, 1.807) is 93.2 Å². The van der Waals surface area contributed by atoms with E-state index in [1.807, 2.05) is 104 Å². The normalized spacial score (nSPS) is 11.5. The molecule has 0 fully saturated rings. The number of alkyl halides is 9. The van der Waals surface area contributed by atoms with E-state index in [1.165, 1.54) is 81.9 Å². The van der Waals surface area contributed by atoms with E-state index in [-0.39, 0.29) is 0 Å². The van der Waals surface area contributed by atoms with Gasteiger partial charge in [0.1, 0.15) is 34.6 Å². The molecule has 0 radical (unpaired) electrons. The van der Waals surface area contributed by atoms with Crippen molar-refractivity contribution < 1.29 is 86.4 Å². The van der Waals surface area contributed by atoms with Crippen LogP contribution in [0, 0.1) is 46.3 Å². The fourth-order valence-electron chi connectivity index (χ4n) is 15.2. The van der Waals surface area contributed by atoms with Crippen LogP contribution in [0.15, 0.2) is 272 Å². The highest BCUT2D eigenvalue weighted by atomic mass is 32.2. The summed E-state index contributed by atoms with van der Waals surface area (Å²) in [6.07, 6.45) is -5.99. The number of ether oxygens (including phenoxy) is 4. The molecule has 12 aromatic carbocycles. The molecule has 135 heavy (non-hydrogen) atoms. The number of aryl methyl sites for hydroxylation is 6. The lowest BCUT2D eigenvalue weighted by molar-refractivity contribution is -0.138. The number of benzene rings is 12. The molecule has 0 heterocycles. The Bertz CT molecular complexity index is 5580. The van der Waals surface area contributed by atoms with E-state index in [4.69, 9.17) is 18.9 Å². The fourth-order valence-corrected chi connectivity index (χ4v) is 16.5. The molecule has 0 bridgehead atoms. The summed E-state index contributed by atoms with van der Waals surface area (Å²) in [5.41, 5.74) is 15.0. The van der Waals surface area contributed by atoms with Crippen LogP contribution in [-0.4, -0.2) is 83.7 Å². The predicted octanol–water partition coefficient (Wildman–Crippen LogP) is 26.3. The van der Waals surface area contributed by atoms with Crippen molar-refractivity contribution in [2.75, 3.05) is 38.2 Å². The third kappa shape index (κ3) is 39.6. The zero-order valence-corrected chi connectivity index (χ0v) is 78.8. The molecular formula is C109H116F11N5O8S2. The second kappa shape index (κ2) is 54.7. The maximum atomic E-state index is 13.7. The third-order valence-corrected chi connectivity index (χ3v) is 23.7. The maximum Gasteiger partial charge on any atom is 0.416 e. The van der Waals surface area contributed by atoms with Crippen LogP contribution < -0.4 is 24.3 Å². The van der Waals surface area contributed by atoms with Gasteiger partial charge >= 0.3 is 18.5 Å². The Morgan fingerprint density at radius 3 is 1.01 bits per heavy atom. The van der Waals surface area contributed by atoms with Crippen LogP contribution in [0.3, 0.4) is 0 Å². The van der Waals surface area contributed by atoms with Crippen molar-refractivity contribution in [2.24, 2.45) is 0 Å². The highest BCUT2D eigenvalue weighted by molar-refractivity contribution is 7.98. The van der Waals surface area contributed by atoms with Gasteiger partial charge in [0.05, 0.1) is 16.7 Å². The lowest BCUT2D eigenvalue weighted by Crippen LogP contribution is -2.31. The van der Waals surface area contributed by atoms with Gasteiger partial charge in [0, 0.05) is 95.3 Å². The molecule has 0 atom stereocenters. The topological polar surface area (TPSA) is 130 Å². The van der Waals surface area contributed by atoms with E-state index in [0.29, 0.717) is 172 Å². The number of halogens is 11. The second-order valence-electron chi connectivity index (χ2n) is 33.7. The first-order valence-corrected chi connectivity index (χ1v) is 46.8. The SMILES string of the molecule is CC(C)c1ccc(CCCCCN(Cc2ccc(OC=O)cc2)Cc2cc(F)cc(F)c2)cc1.CSc1ccc(CN(Cc2ccc(OC=O)cc2)Cc2cc(C)cc(C(F)(F)F)c2)cc1.Cc1ccc(CNCCN(Cc2ccc(OC=O)cc2)Cc2cc(C)cc(C(F)(F)F)c2)cc1.Cc1ccc(CSCCCN(Cc2ccc(OC=O)cc2)Cc2cc(C)cc(C(F)(F)F)c2)cc1. The van der Waals surface area contributed by atoms with Crippen LogP contribution in [0.5, 0.6) is 23.0 Å². The van der Waals surface area contributed by atoms with Gasteiger partial charge in [0.25, 0.3) is 25.9 Å². The fraction of sp³-hybridized carbons (Fsp3) is 0.303. The first-order chi connectivity index (χ1) is 64.6. The molecular weight excluding hydrogens is 1780 g/mol. The summed E-state index contributed by atoms with van der Waals surface area (Å²) < 4.78 is 167. The Hall–Kier alpha value is -11.8. The van der Waals surface area contributed by atoms with Crippen molar-refractivity contribution in [1.29, 1.82) is 0 Å². The Balaban J connectivity index is 0.000000202. The minimum Gasteiger partial charge on any atom is -0.429 e. The molecule has 0 aliphatic heterocycles. The number of unbranched alkanes of at least 4 members (excludes halogenated alkanes) is 2. The van der Waals surface area contributed by atoms with Gasteiger partial charge in [-0.3, -0.25) is 38.8 Å². The zero-order chi connectivity index (χ0) is 97.3. The van der Waals surface area contributed by atoms with Gasteiger partial charge in [0.15, 0.2) is 0 Å². The largest absolute Gasteiger partial charge is 0.429 e. The van der Waals surface area contributed by atoms with Crippen molar-refractivity contribution in [1.82, 2.24) is 24.9 Å². The van der Waals surface area contributed by atoms with Crippen LogP contribution in [0.25, 0.3) is 0 Å². The number of hydrogen-bond donors (Lipinski definition) is 1. The van der Waals surface area contributed by atoms with Crippen LogP contribution in [0.2, 0.25) is 0 Å². The number of thioether (sulfide) groups is 2. The Morgan fingerprint density at radius 1 is 0.326 bits per heavy atom. The Labute approximate surface area is 793 Å². The highest BCUT2D eigenvalue weighted by Gasteiger charge is 2.34. The van der Waals surface area contributed by atoms with E-state index in [2.05, 4.69) is 118 Å². The van der Waals surface area contributed by atoms with Gasteiger partial charge < -0.3 is 24.3 Å². The van der Waals surface area contributed by atoms with Gasteiger partial charge in [-0.05, 0) is 273 Å². The number of nitrogens with one attached hydrogen (secondary N) is 1.